The SMILES string of the molecule is O=C(Oc1c(I)cc(I)cc1I)c1cc(O)c(O)c(O)c1. The average molecular weight is 624 g/mol. The van der Waals surface area contributed by atoms with Crippen molar-refractivity contribution in [1.82, 2.24) is 0 Å². The van der Waals surface area contributed by atoms with E-state index in [0.29, 0.717) is 5.75 Å². The average Bonchev–Trinajstić information content (AvgIpc) is 2.39. The molecule has 0 bridgehead atoms. The van der Waals surface area contributed by atoms with Gasteiger partial charge in [0, 0.05) is 3.57 Å². The molecule has 0 spiro atoms. The Kier molecular flexibility index (Phi) is 5.40. The van der Waals surface area contributed by atoms with Crippen molar-refractivity contribution in [2.24, 2.45) is 0 Å². The molecule has 0 aliphatic carbocycles. The second kappa shape index (κ2) is 6.73. The number of phenols is 3. The zero-order valence-electron chi connectivity index (χ0n) is 10.1. The molecule has 3 N–H and O–H groups in total. The Morgan fingerprint density at radius 2 is 1.38 bits per heavy atom. The molecule has 2 aromatic rings. The minimum absolute atomic E-state index is 0.0621. The van der Waals surface area contributed by atoms with Crippen LogP contribution < -0.4 is 4.74 Å². The Balaban J connectivity index is 2.35. The molecule has 0 aromatic heterocycles. The third-order valence-corrected chi connectivity index (χ3v) is 4.69. The fraction of sp³-hybridized carbons (Fsp3) is 0. The van der Waals surface area contributed by atoms with Crippen LogP contribution in [0.5, 0.6) is 23.0 Å². The molecule has 0 amide bonds. The number of rotatable bonds is 2. The van der Waals surface area contributed by atoms with Gasteiger partial charge in [-0.1, -0.05) is 0 Å². The lowest BCUT2D eigenvalue weighted by Crippen LogP contribution is -2.10. The molecule has 110 valence electrons. The second-order valence-electron chi connectivity index (χ2n) is 3.95. The summed E-state index contributed by atoms with van der Waals surface area (Å²) in [5, 5.41) is 28.1. The number of aromatic hydroxyl groups is 3. The summed E-state index contributed by atoms with van der Waals surface area (Å²) in [6.07, 6.45) is 0. The molecule has 8 heteroatoms. The van der Waals surface area contributed by atoms with E-state index in [-0.39, 0.29) is 5.56 Å². The predicted molar refractivity (Wildman–Crippen MR) is 101 cm³/mol. The summed E-state index contributed by atoms with van der Waals surface area (Å²) in [5.41, 5.74) is -0.0621. The lowest BCUT2D eigenvalue weighted by molar-refractivity contribution is 0.0731. The van der Waals surface area contributed by atoms with Gasteiger partial charge >= 0.3 is 5.97 Å². The zero-order valence-corrected chi connectivity index (χ0v) is 16.6. The van der Waals surface area contributed by atoms with E-state index < -0.39 is 23.2 Å². The maximum atomic E-state index is 12.1. The highest BCUT2D eigenvalue weighted by molar-refractivity contribution is 14.1. The predicted octanol–water partition coefficient (Wildman–Crippen LogP) is 3.84. The van der Waals surface area contributed by atoms with E-state index in [0.717, 1.165) is 22.8 Å². The van der Waals surface area contributed by atoms with Gasteiger partial charge in [-0.3, -0.25) is 0 Å². The van der Waals surface area contributed by atoms with Gasteiger partial charge in [0.05, 0.1) is 12.7 Å². The maximum absolute atomic E-state index is 12.1. The maximum Gasteiger partial charge on any atom is 0.343 e. The van der Waals surface area contributed by atoms with Crippen LogP contribution in [0.4, 0.5) is 0 Å². The second-order valence-corrected chi connectivity index (χ2v) is 7.52. The number of hydrogen-bond acceptors (Lipinski definition) is 5. The molecule has 0 saturated heterocycles. The van der Waals surface area contributed by atoms with Gasteiger partial charge in [0.25, 0.3) is 0 Å². The first-order valence-electron chi connectivity index (χ1n) is 5.41. The van der Waals surface area contributed by atoms with Crippen LogP contribution in [-0.2, 0) is 0 Å². The highest BCUT2D eigenvalue weighted by Gasteiger charge is 2.18. The van der Waals surface area contributed by atoms with Crippen molar-refractivity contribution in [3.05, 3.63) is 40.5 Å². The van der Waals surface area contributed by atoms with Crippen molar-refractivity contribution in [2.75, 3.05) is 0 Å². The summed E-state index contributed by atoms with van der Waals surface area (Å²) in [4.78, 5) is 12.1. The summed E-state index contributed by atoms with van der Waals surface area (Å²) in [5.74, 6) is -2.18. The number of benzene rings is 2. The first kappa shape index (κ1) is 16.9. The van der Waals surface area contributed by atoms with Crippen LogP contribution in [0.2, 0.25) is 0 Å². The number of halogens is 3. The summed E-state index contributed by atoms with van der Waals surface area (Å²) >= 11 is 6.28. The van der Waals surface area contributed by atoms with Crippen LogP contribution in [0.15, 0.2) is 24.3 Å². The molecular formula is C13H7I3O5. The first-order chi connectivity index (χ1) is 9.79. The van der Waals surface area contributed by atoms with E-state index in [2.05, 4.69) is 67.8 Å². The molecule has 5 nitrogen and oxygen atoms in total. The molecule has 0 saturated carbocycles. The zero-order chi connectivity index (χ0) is 15.7. The van der Waals surface area contributed by atoms with Gasteiger partial charge in [0.1, 0.15) is 0 Å². The van der Waals surface area contributed by atoms with Gasteiger partial charge < -0.3 is 20.1 Å². The van der Waals surface area contributed by atoms with Gasteiger partial charge in [0.15, 0.2) is 23.0 Å². The van der Waals surface area contributed by atoms with Crippen LogP contribution in [0.25, 0.3) is 0 Å². The molecule has 0 fully saturated rings. The van der Waals surface area contributed by atoms with Crippen LogP contribution >= 0.6 is 67.8 Å². The van der Waals surface area contributed by atoms with Crippen LogP contribution in [0.3, 0.4) is 0 Å². The van der Waals surface area contributed by atoms with E-state index in [1.807, 2.05) is 12.1 Å². The fourth-order valence-electron chi connectivity index (χ4n) is 1.50. The molecule has 21 heavy (non-hydrogen) atoms. The number of carbonyl (C=O) groups excluding carboxylic acids is 1. The van der Waals surface area contributed by atoms with E-state index >= 15 is 0 Å². The van der Waals surface area contributed by atoms with E-state index in [9.17, 15) is 20.1 Å². The van der Waals surface area contributed by atoms with Crippen LogP contribution in [0, 0.1) is 10.7 Å². The van der Waals surface area contributed by atoms with E-state index in [1.165, 1.54) is 0 Å². The molecule has 2 rings (SSSR count). The molecule has 0 aliphatic rings. The normalized spacial score (nSPS) is 10.4. The first-order valence-corrected chi connectivity index (χ1v) is 8.65. The fourth-order valence-corrected chi connectivity index (χ4v) is 5.30. The molecular weight excluding hydrogens is 617 g/mol. The summed E-state index contributed by atoms with van der Waals surface area (Å²) in [7, 11) is 0. The Morgan fingerprint density at radius 1 is 0.905 bits per heavy atom. The van der Waals surface area contributed by atoms with Gasteiger partial charge in [-0.25, -0.2) is 4.79 Å². The number of phenolic OH excluding ortho intramolecular Hbond substituents is 3. The molecule has 0 radical (unpaired) electrons. The van der Waals surface area contributed by atoms with Gasteiger partial charge in [-0.2, -0.15) is 0 Å². The Bertz CT molecular complexity index is 684. The molecule has 0 aliphatic heterocycles. The van der Waals surface area contributed by atoms with Crippen LogP contribution in [-0.4, -0.2) is 21.3 Å². The largest absolute Gasteiger partial charge is 0.504 e. The summed E-state index contributed by atoms with van der Waals surface area (Å²) in [6.45, 7) is 0. The number of hydrogen-bond donors (Lipinski definition) is 3. The smallest absolute Gasteiger partial charge is 0.343 e. The quantitative estimate of drug-likeness (QED) is 0.205. The highest BCUT2D eigenvalue weighted by Crippen LogP contribution is 2.36. The monoisotopic (exact) mass is 624 g/mol. The third-order valence-electron chi connectivity index (χ3n) is 2.46. The highest BCUT2D eigenvalue weighted by atomic mass is 127. The minimum Gasteiger partial charge on any atom is -0.504 e. The van der Waals surface area contributed by atoms with Crippen molar-refractivity contribution in [3.63, 3.8) is 0 Å². The van der Waals surface area contributed by atoms with Crippen LogP contribution in [0.1, 0.15) is 10.4 Å². The minimum atomic E-state index is -0.738. The third kappa shape index (κ3) is 3.83. The van der Waals surface area contributed by atoms with Gasteiger partial charge in [-0.15, -0.1) is 0 Å². The van der Waals surface area contributed by atoms with Gasteiger partial charge in [-0.05, 0) is 92.0 Å². The molecule has 0 atom stereocenters. The molecule has 0 unspecified atom stereocenters. The Labute approximate surface area is 160 Å². The van der Waals surface area contributed by atoms with Gasteiger partial charge in [0.2, 0.25) is 0 Å². The van der Waals surface area contributed by atoms with Crippen molar-refractivity contribution >= 4 is 73.7 Å². The number of ether oxygens (including phenoxy) is 1. The van der Waals surface area contributed by atoms with Crippen molar-refractivity contribution in [1.29, 1.82) is 0 Å². The Hall–Kier alpha value is -0.500. The number of esters is 1. The van der Waals surface area contributed by atoms with Crippen molar-refractivity contribution in [2.45, 2.75) is 0 Å². The molecule has 0 heterocycles. The lowest BCUT2D eigenvalue weighted by atomic mass is 10.2. The standard InChI is InChI=1S/C13H7I3O5/c14-6-3-7(15)12(8(16)4-6)21-13(20)5-1-9(17)11(19)10(18)2-5/h1-4,17-19H. The summed E-state index contributed by atoms with van der Waals surface area (Å²) in [6, 6.07) is 5.78. The Morgan fingerprint density at radius 3 is 1.86 bits per heavy atom. The van der Waals surface area contributed by atoms with Crippen molar-refractivity contribution < 1.29 is 24.9 Å². The summed E-state index contributed by atoms with van der Waals surface area (Å²) < 4.78 is 7.86. The lowest BCUT2D eigenvalue weighted by Gasteiger charge is -2.10. The molecule has 2 aromatic carbocycles. The number of carbonyl (C=O) groups is 1. The van der Waals surface area contributed by atoms with Crippen molar-refractivity contribution in [3.8, 4) is 23.0 Å². The van der Waals surface area contributed by atoms with E-state index in [1.54, 1.807) is 0 Å². The topological polar surface area (TPSA) is 87.0 Å². The van der Waals surface area contributed by atoms with E-state index in [4.69, 9.17) is 4.74 Å².